The molecular weight excluding hydrogens is 210 g/mol. The highest BCUT2D eigenvalue weighted by Crippen LogP contribution is 2.36. The maximum Gasteiger partial charge on any atom is 0.123 e. The summed E-state index contributed by atoms with van der Waals surface area (Å²) >= 11 is 0. The zero-order valence-electron chi connectivity index (χ0n) is 9.84. The number of rotatable bonds is 2. The van der Waals surface area contributed by atoms with E-state index in [1.54, 1.807) is 0 Å². The molecule has 1 fully saturated rings. The molecule has 1 aliphatic carbocycles. The van der Waals surface area contributed by atoms with E-state index in [4.69, 9.17) is 5.73 Å². The van der Waals surface area contributed by atoms with Gasteiger partial charge in [-0.1, -0.05) is 36.8 Å². The van der Waals surface area contributed by atoms with E-state index in [1.807, 2.05) is 6.07 Å². The predicted octanol–water partition coefficient (Wildman–Crippen LogP) is 2.69. The molecule has 88 valence electrons. The Morgan fingerprint density at radius 1 is 1.06 bits per heavy atom. The van der Waals surface area contributed by atoms with Gasteiger partial charge in [0.2, 0.25) is 0 Å². The second kappa shape index (κ2) is 4.32. The lowest BCUT2D eigenvalue weighted by Crippen LogP contribution is -2.32. The van der Waals surface area contributed by atoms with Gasteiger partial charge < -0.3 is 5.73 Å². The van der Waals surface area contributed by atoms with Crippen molar-refractivity contribution < 1.29 is 0 Å². The highest BCUT2D eigenvalue weighted by Gasteiger charge is 2.32. The molecular formula is C14H17N3. The summed E-state index contributed by atoms with van der Waals surface area (Å²) in [5, 5.41) is 8.44. The summed E-state index contributed by atoms with van der Waals surface area (Å²) in [6.07, 6.45) is 4.67. The molecule has 1 aromatic carbocycles. The smallest absolute Gasteiger partial charge is 0.123 e. The van der Waals surface area contributed by atoms with Crippen LogP contribution in [0.25, 0.3) is 0 Å². The molecule has 0 aromatic heterocycles. The Hall–Kier alpha value is -1.64. The van der Waals surface area contributed by atoms with E-state index in [0.29, 0.717) is 17.7 Å². The standard InChI is InChI=1S/C14H17N3/c15-13-9-12(10-5-2-1-3-6-10)14(17-16-13)11-7-4-8-11/h1-3,5-6,11-12H,4,7-9H2,(H2,15,16). The second-order valence-corrected chi connectivity index (χ2v) is 4.91. The summed E-state index contributed by atoms with van der Waals surface area (Å²) < 4.78 is 0. The normalized spacial score (nSPS) is 24.8. The van der Waals surface area contributed by atoms with Crippen molar-refractivity contribution in [3.05, 3.63) is 35.9 Å². The van der Waals surface area contributed by atoms with E-state index < -0.39 is 0 Å². The highest BCUT2D eigenvalue weighted by atomic mass is 15.2. The quantitative estimate of drug-likeness (QED) is 0.829. The topological polar surface area (TPSA) is 50.7 Å². The van der Waals surface area contributed by atoms with Crippen molar-refractivity contribution in [1.29, 1.82) is 0 Å². The molecule has 1 atom stereocenters. The van der Waals surface area contributed by atoms with E-state index in [9.17, 15) is 0 Å². The molecule has 2 aliphatic rings. The molecule has 0 bridgehead atoms. The van der Waals surface area contributed by atoms with Crippen LogP contribution in [-0.2, 0) is 0 Å². The van der Waals surface area contributed by atoms with Crippen molar-refractivity contribution in [2.24, 2.45) is 21.9 Å². The van der Waals surface area contributed by atoms with Crippen LogP contribution < -0.4 is 5.73 Å². The monoisotopic (exact) mass is 227 g/mol. The second-order valence-electron chi connectivity index (χ2n) is 4.91. The Balaban J connectivity index is 1.92. The molecule has 1 unspecified atom stereocenters. The van der Waals surface area contributed by atoms with Crippen LogP contribution in [0.1, 0.15) is 37.2 Å². The molecule has 1 aromatic rings. The van der Waals surface area contributed by atoms with E-state index in [2.05, 4.69) is 34.5 Å². The summed E-state index contributed by atoms with van der Waals surface area (Å²) in [5.74, 6) is 1.64. The van der Waals surface area contributed by atoms with Crippen LogP contribution in [0, 0.1) is 5.92 Å². The number of benzene rings is 1. The molecule has 3 nitrogen and oxygen atoms in total. The van der Waals surface area contributed by atoms with Gasteiger partial charge in [-0.15, -0.1) is 5.10 Å². The fourth-order valence-corrected chi connectivity index (χ4v) is 2.59. The molecule has 0 spiro atoms. The first-order valence-corrected chi connectivity index (χ1v) is 6.29. The van der Waals surface area contributed by atoms with Gasteiger partial charge in [0.1, 0.15) is 5.84 Å². The van der Waals surface area contributed by atoms with Gasteiger partial charge in [-0.25, -0.2) is 0 Å². The average Bonchev–Trinajstić information content (AvgIpc) is 2.30. The van der Waals surface area contributed by atoms with Gasteiger partial charge in [0, 0.05) is 12.3 Å². The van der Waals surface area contributed by atoms with Crippen molar-refractivity contribution in [1.82, 2.24) is 0 Å². The highest BCUT2D eigenvalue weighted by molar-refractivity contribution is 6.00. The minimum absolute atomic E-state index is 0.346. The van der Waals surface area contributed by atoms with Crippen molar-refractivity contribution in [3.8, 4) is 0 Å². The minimum Gasteiger partial charge on any atom is -0.386 e. The Labute approximate surface area is 101 Å². The van der Waals surface area contributed by atoms with Crippen LogP contribution in [0.4, 0.5) is 0 Å². The maximum absolute atomic E-state index is 5.83. The lowest BCUT2D eigenvalue weighted by Gasteiger charge is -2.32. The van der Waals surface area contributed by atoms with Gasteiger partial charge in [-0.2, -0.15) is 5.10 Å². The van der Waals surface area contributed by atoms with Crippen LogP contribution in [0.2, 0.25) is 0 Å². The first kappa shape index (κ1) is 10.5. The van der Waals surface area contributed by atoms with Crippen LogP contribution in [0.15, 0.2) is 40.5 Å². The zero-order chi connectivity index (χ0) is 11.7. The van der Waals surface area contributed by atoms with E-state index >= 15 is 0 Å². The third-order valence-electron chi connectivity index (χ3n) is 3.79. The fourth-order valence-electron chi connectivity index (χ4n) is 2.59. The predicted molar refractivity (Wildman–Crippen MR) is 70.2 cm³/mol. The molecule has 17 heavy (non-hydrogen) atoms. The van der Waals surface area contributed by atoms with Crippen LogP contribution >= 0.6 is 0 Å². The third kappa shape index (κ3) is 1.97. The van der Waals surface area contributed by atoms with E-state index in [1.165, 1.54) is 30.5 Å². The summed E-state index contributed by atoms with van der Waals surface area (Å²) in [4.78, 5) is 0. The number of hydrogen-bond acceptors (Lipinski definition) is 3. The van der Waals surface area contributed by atoms with E-state index in [-0.39, 0.29) is 0 Å². The zero-order valence-corrected chi connectivity index (χ0v) is 9.84. The molecule has 1 aliphatic heterocycles. The average molecular weight is 227 g/mol. The number of nitrogens with two attached hydrogens (primary N) is 1. The third-order valence-corrected chi connectivity index (χ3v) is 3.79. The molecule has 0 amide bonds. The van der Waals surface area contributed by atoms with Crippen LogP contribution in [0.3, 0.4) is 0 Å². The Kier molecular flexibility index (Phi) is 2.67. The summed E-state index contributed by atoms with van der Waals surface area (Å²) in [5.41, 5.74) is 8.39. The SMILES string of the molecule is NC1=NN=C(C2CCC2)C(c2ccccc2)C1. The van der Waals surface area contributed by atoms with Crippen LogP contribution in [-0.4, -0.2) is 11.5 Å². The Bertz CT molecular complexity index is 458. The molecule has 2 N–H and O–H groups in total. The van der Waals surface area contributed by atoms with Gasteiger partial charge in [0.25, 0.3) is 0 Å². The maximum atomic E-state index is 5.83. The molecule has 3 heteroatoms. The number of nitrogens with zero attached hydrogens (tertiary/aromatic N) is 2. The molecule has 0 radical (unpaired) electrons. The van der Waals surface area contributed by atoms with Crippen molar-refractivity contribution in [2.45, 2.75) is 31.6 Å². The Morgan fingerprint density at radius 2 is 1.82 bits per heavy atom. The van der Waals surface area contributed by atoms with Crippen LogP contribution in [0.5, 0.6) is 0 Å². The molecule has 0 saturated heterocycles. The molecule has 1 saturated carbocycles. The largest absolute Gasteiger partial charge is 0.386 e. The summed E-state index contributed by atoms with van der Waals surface area (Å²) in [6.45, 7) is 0. The van der Waals surface area contributed by atoms with Crippen molar-refractivity contribution in [3.63, 3.8) is 0 Å². The molecule has 3 rings (SSSR count). The Morgan fingerprint density at radius 3 is 2.47 bits per heavy atom. The summed E-state index contributed by atoms with van der Waals surface area (Å²) in [6, 6.07) is 10.5. The lowest BCUT2D eigenvalue weighted by molar-refractivity contribution is 0.403. The fraction of sp³-hybridized carbons (Fsp3) is 0.429. The van der Waals surface area contributed by atoms with Gasteiger partial charge >= 0.3 is 0 Å². The van der Waals surface area contributed by atoms with Gasteiger partial charge in [0.15, 0.2) is 0 Å². The molecule has 1 heterocycles. The lowest BCUT2D eigenvalue weighted by atomic mass is 9.74. The summed E-state index contributed by atoms with van der Waals surface area (Å²) in [7, 11) is 0. The van der Waals surface area contributed by atoms with Gasteiger partial charge in [0.05, 0.1) is 5.71 Å². The van der Waals surface area contributed by atoms with Crippen molar-refractivity contribution in [2.75, 3.05) is 0 Å². The first-order valence-electron chi connectivity index (χ1n) is 6.29. The van der Waals surface area contributed by atoms with Crippen molar-refractivity contribution >= 4 is 11.5 Å². The number of amidine groups is 1. The van der Waals surface area contributed by atoms with Gasteiger partial charge in [-0.05, 0) is 24.3 Å². The van der Waals surface area contributed by atoms with Gasteiger partial charge in [-0.3, -0.25) is 0 Å². The minimum atomic E-state index is 0.346. The first-order chi connectivity index (χ1) is 8.34. The number of hydrogen-bond donors (Lipinski definition) is 1. The van der Waals surface area contributed by atoms with E-state index in [0.717, 1.165) is 6.42 Å².